The SMILES string of the molecule is Cn1c(=O)c2c(nc(Oc3cccc(C=NNC(N)=N[N+](=O)[O-])c3)n2C)n(C)c1=O. The number of fused-ring (bicyclic) bond motifs is 1. The molecule has 0 unspecified atom stereocenters. The molecule has 0 bridgehead atoms. The third-order valence-electron chi connectivity index (χ3n) is 4.08. The molecule has 0 aliphatic heterocycles. The van der Waals surface area contributed by atoms with Crippen LogP contribution < -0.4 is 27.1 Å². The lowest BCUT2D eigenvalue weighted by Gasteiger charge is -2.05. The molecule has 0 amide bonds. The zero-order valence-corrected chi connectivity index (χ0v) is 16.1. The lowest BCUT2D eigenvalue weighted by Crippen LogP contribution is -2.37. The minimum atomic E-state index is -0.952. The van der Waals surface area contributed by atoms with Gasteiger partial charge in [-0.15, -0.1) is 0 Å². The van der Waals surface area contributed by atoms with Crippen LogP contribution in [0.1, 0.15) is 5.56 Å². The molecule has 0 spiro atoms. The molecule has 0 saturated heterocycles. The van der Waals surface area contributed by atoms with Crippen LogP contribution in [0.3, 0.4) is 0 Å². The molecule has 1 aromatic carbocycles. The van der Waals surface area contributed by atoms with Crippen molar-refractivity contribution in [2.45, 2.75) is 0 Å². The van der Waals surface area contributed by atoms with Gasteiger partial charge in [-0.05, 0) is 17.7 Å². The van der Waals surface area contributed by atoms with Crippen LogP contribution in [0.2, 0.25) is 0 Å². The fraction of sp³-hybridized carbons (Fsp3) is 0.188. The number of ether oxygens (including phenoxy) is 1. The van der Waals surface area contributed by atoms with Crippen molar-refractivity contribution in [3.05, 3.63) is 60.8 Å². The van der Waals surface area contributed by atoms with Crippen LogP contribution in [0.4, 0.5) is 0 Å². The van der Waals surface area contributed by atoms with Gasteiger partial charge < -0.3 is 10.5 Å². The van der Waals surface area contributed by atoms with E-state index < -0.39 is 22.2 Å². The van der Waals surface area contributed by atoms with Gasteiger partial charge in [-0.3, -0.25) is 18.5 Å². The number of hydrogen-bond donors (Lipinski definition) is 2. The predicted octanol–water partition coefficient (Wildman–Crippen LogP) is -0.807. The minimum absolute atomic E-state index is 0.109. The molecule has 2 heterocycles. The summed E-state index contributed by atoms with van der Waals surface area (Å²) in [5.74, 6) is -0.0957. The van der Waals surface area contributed by atoms with Crippen molar-refractivity contribution in [2.75, 3.05) is 0 Å². The Kier molecular flexibility index (Phi) is 5.31. The Labute approximate surface area is 167 Å². The Hall–Kier alpha value is -4.49. The lowest BCUT2D eigenvalue weighted by molar-refractivity contribution is -0.485. The van der Waals surface area contributed by atoms with Crippen LogP contribution in [0.25, 0.3) is 11.2 Å². The van der Waals surface area contributed by atoms with Gasteiger partial charge in [0.1, 0.15) is 10.9 Å². The van der Waals surface area contributed by atoms with Gasteiger partial charge in [0.25, 0.3) is 11.5 Å². The average Bonchev–Trinajstić information content (AvgIpc) is 3.01. The number of nitrogens with one attached hydrogen (secondary N) is 1. The zero-order chi connectivity index (χ0) is 22.0. The number of rotatable bonds is 5. The highest BCUT2D eigenvalue weighted by molar-refractivity contribution is 5.83. The molecule has 0 aliphatic carbocycles. The number of imidazole rings is 1. The molecule has 3 N–H and O–H groups in total. The van der Waals surface area contributed by atoms with Crippen LogP contribution in [0.5, 0.6) is 11.8 Å². The minimum Gasteiger partial charge on any atom is -0.425 e. The first-order valence-corrected chi connectivity index (χ1v) is 8.37. The first-order chi connectivity index (χ1) is 14.2. The van der Waals surface area contributed by atoms with Gasteiger partial charge in [0.05, 0.1) is 6.21 Å². The maximum atomic E-state index is 12.4. The molecule has 2 aromatic heterocycles. The van der Waals surface area contributed by atoms with Gasteiger partial charge in [0, 0.05) is 21.1 Å². The maximum Gasteiger partial charge on any atom is 0.332 e. The Morgan fingerprint density at radius 1 is 1.27 bits per heavy atom. The fourth-order valence-corrected chi connectivity index (χ4v) is 2.64. The second kappa shape index (κ2) is 7.86. The second-order valence-corrected chi connectivity index (χ2v) is 6.10. The van der Waals surface area contributed by atoms with Crippen molar-refractivity contribution in [3.8, 4) is 11.8 Å². The Morgan fingerprint density at radius 3 is 2.70 bits per heavy atom. The summed E-state index contributed by atoms with van der Waals surface area (Å²) in [7, 11) is 4.50. The summed E-state index contributed by atoms with van der Waals surface area (Å²) in [5.41, 5.74) is 7.49. The number of nitrogens with zero attached hydrogens (tertiary/aromatic N) is 7. The highest BCUT2D eigenvalue weighted by Gasteiger charge is 2.18. The number of aromatic nitrogens is 4. The molecule has 156 valence electrons. The van der Waals surface area contributed by atoms with E-state index in [1.807, 2.05) is 0 Å². The summed E-state index contributed by atoms with van der Waals surface area (Å²) in [4.78, 5) is 39.0. The van der Waals surface area contributed by atoms with Crippen molar-refractivity contribution < 1.29 is 9.77 Å². The van der Waals surface area contributed by atoms with E-state index in [2.05, 4.69) is 20.6 Å². The average molecular weight is 415 g/mol. The van der Waals surface area contributed by atoms with Crippen LogP contribution in [0, 0.1) is 10.1 Å². The molecule has 0 radical (unpaired) electrons. The quantitative estimate of drug-likeness (QED) is 0.235. The summed E-state index contributed by atoms with van der Waals surface area (Å²) >= 11 is 0. The van der Waals surface area contributed by atoms with Gasteiger partial charge >= 0.3 is 11.7 Å². The standard InChI is InChI=1S/C16H17N9O5/c1-22-11-12(23(2)16(27)24(3)13(11)26)19-15(22)30-10-6-4-5-9(7-10)8-18-20-14(17)21-25(28)29/h4-8H,1-3H3,(H3,17,20,21). The van der Waals surface area contributed by atoms with Crippen molar-refractivity contribution in [2.24, 2.45) is 37.1 Å². The molecule has 0 fully saturated rings. The number of guanidine groups is 1. The molecular formula is C16H17N9O5. The van der Waals surface area contributed by atoms with Crippen LogP contribution in [-0.2, 0) is 21.1 Å². The molecule has 3 rings (SSSR count). The molecule has 14 nitrogen and oxygen atoms in total. The first-order valence-electron chi connectivity index (χ1n) is 8.37. The highest BCUT2D eigenvalue weighted by Crippen LogP contribution is 2.23. The lowest BCUT2D eigenvalue weighted by atomic mass is 10.2. The molecule has 0 saturated carbocycles. The molecular weight excluding hydrogens is 398 g/mol. The van der Waals surface area contributed by atoms with Crippen LogP contribution >= 0.6 is 0 Å². The van der Waals surface area contributed by atoms with E-state index in [1.54, 1.807) is 31.3 Å². The van der Waals surface area contributed by atoms with E-state index in [0.717, 1.165) is 4.57 Å². The number of hydrazone groups is 2. The summed E-state index contributed by atoms with van der Waals surface area (Å²) in [6, 6.07) is 6.76. The number of benzene rings is 1. The predicted molar refractivity (Wildman–Crippen MR) is 107 cm³/mol. The first kappa shape index (κ1) is 20.2. The van der Waals surface area contributed by atoms with Crippen LogP contribution in [0.15, 0.2) is 44.1 Å². The Morgan fingerprint density at radius 2 is 2.00 bits per heavy atom. The van der Waals surface area contributed by atoms with Gasteiger partial charge in [-0.1, -0.05) is 12.1 Å². The smallest absolute Gasteiger partial charge is 0.332 e. The highest BCUT2D eigenvalue weighted by atomic mass is 16.7. The van der Waals surface area contributed by atoms with Crippen molar-refractivity contribution >= 4 is 23.3 Å². The molecule has 30 heavy (non-hydrogen) atoms. The topological polar surface area (TPSA) is 177 Å². The van der Waals surface area contributed by atoms with E-state index in [9.17, 15) is 19.7 Å². The fourth-order valence-electron chi connectivity index (χ4n) is 2.64. The summed E-state index contributed by atoms with van der Waals surface area (Å²) in [5, 5.41) is 15.8. The van der Waals surface area contributed by atoms with E-state index in [1.165, 1.54) is 29.4 Å². The van der Waals surface area contributed by atoms with Gasteiger partial charge in [0.15, 0.2) is 16.2 Å². The Balaban J connectivity index is 1.89. The Bertz CT molecular complexity index is 1320. The number of nitro groups is 1. The third kappa shape index (κ3) is 3.87. The monoisotopic (exact) mass is 415 g/mol. The molecule has 0 aliphatic rings. The molecule has 14 heteroatoms. The molecule has 3 aromatic rings. The van der Waals surface area contributed by atoms with E-state index in [-0.39, 0.29) is 17.2 Å². The van der Waals surface area contributed by atoms with Gasteiger partial charge in [0.2, 0.25) is 0 Å². The number of hydrogen-bond acceptors (Lipinski definition) is 7. The van der Waals surface area contributed by atoms with Crippen molar-refractivity contribution in [1.29, 1.82) is 0 Å². The number of aryl methyl sites for hydroxylation is 2. The van der Waals surface area contributed by atoms with Gasteiger partial charge in [-0.25, -0.2) is 20.3 Å². The second-order valence-electron chi connectivity index (χ2n) is 6.10. The summed E-state index contributed by atoms with van der Waals surface area (Å²) in [6.45, 7) is 0. The molecule has 0 atom stereocenters. The van der Waals surface area contributed by atoms with Crippen molar-refractivity contribution in [1.82, 2.24) is 24.1 Å². The van der Waals surface area contributed by atoms with E-state index >= 15 is 0 Å². The number of nitrogens with two attached hydrogens (primary N) is 1. The maximum absolute atomic E-state index is 12.4. The normalized spacial score (nSPS) is 11.9. The largest absolute Gasteiger partial charge is 0.425 e. The van der Waals surface area contributed by atoms with Crippen LogP contribution in [-0.4, -0.2) is 35.9 Å². The summed E-state index contributed by atoms with van der Waals surface area (Å²) in [6.07, 6.45) is 1.35. The van der Waals surface area contributed by atoms with E-state index in [0.29, 0.717) is 11.3 Å². The van der Waals surface area contributed by atoms with Crippen molar-refractivity contribution in [3.63, 3.8) is 0 Å². The third-order valence-corrected chi connectivity index (χ3v) is 4.08. The zero-order valence-electron chi connectivity index (χ0n) is 16.1. The van der Waals surface area contributed by atoms with Gasteiger partial charge in [-0.2, -0.15) is 10.1 Å². The van der Waals surface area contributed by atoms with E-state index in [4.69, 9.17) is 10.5 Å². The summed E-state index contributed by atoms with van der Waals surface area (Å²) < 4.78 is 9.48.